The summed E-state index contributed by atoms with van der Waals surface area (Å²) in [5.74, 6) is 0.515. The number of nitrogens with zero attached hydrogens (tertiary/aromatic N) is 1. The van der Waals surface area contributed by atoms with Gasteiger partial charge in [0.15, 0.2) is 0 Å². The largest absolute Gasteiger partial charge is 0.497 e. The van der Waals surface area contributed by atoms with Crippen LogP contribution < -0.4 is 15.4 Å². The Morgan fingerprint density at radius 3 is 2.30 bits per heavy atom. The standard InChI is InChI=1S/C27H37N3O3/c1-20-6-5-7-21(18-20)19-27(30(2)3)16-14-23(15-17-27)29-26(32)13-12-25(31)28-22-8-10-24(33-4)11-9-22/h5-11,18,23H,12-17,19H2,1-4H3,(H,28,31)(H,29,32). The Hall–Kier alpha value is -2.86. The number of hydrogen-bond donors (Lipinski definition) is 2. The summed E-state index contributed by atoms with van der Waals surface area (Å²) >= 11 is 0. The van der Waals surface area contributed by atoms with Gasteiger partial charge in [-0.2, -0.15) is 0 Å². The molecule has 1 fully saturated rings. The van der Waals surface area contributed by atoms with Crippen LogP contribution >= 0.6 is 0 Å². The third-order valence-electron chi connectivity index (χ3n) is 6.80. The molecule has 0 atom stereocenters. The molecule has 2 aromatic rings. The third kappa shape index (κ3) is 7.06. The van der Waals surface area contributed by atoms with Crippen LogP contribution in [0.4, 0.5) is 5.69 Å². The predicted octanol–water partition coefficient (Wildman–Crippen LogP) is 4.32. The fourth-order valence-corrected chi connectivity index (χ4v) is 4.71. The van der Waals surface area contributed by atoms with Gasteiger partial charge in [-0.25, -0.2) is 0 Å². The summed E-state index contributed by atoms with van der Waals surface area (Å²) in [5.41, 5.74) is 3.47. The van der Waals surface area contributed by atoms with Gasteiger partial charge in [-0.05, 0) is 83.0 Å². The number of methoxy groups -OCH3 is 1. The van der Waals surface area contributed by atoms with E-state index in [2.05, 4.69) is 60.8 Å². The van der Waals surface area contributed by atoms with Crippen LogP contribution in [-0.2, 0) is 16.0 Å². The van der Waals surface area contributed by atoms with Crippen LogP contribution in [0.15, 0.2) is 48.5 Å². The molecule has 0 bridgehead atoms. The molecule has 1 aliphatic carbocycles. The van der Waals surface area contributed by atoms with Crippen molar-refractivity contribution in [3.63, 3.8) is 0 Å². The summed E-state index contributed by atoms with van der Waals surface area (Å²) in [6.07, 6.45) is 5.36. The number of rotatable bonds is 9. The second-order valence-electron chi connectivity index (χ2n) is 9.40. The Balaban J connectivity index is 1.44. The zero-order chi connectivity index (χ0) is 23.8. The van der Waals surface area contributed by atoms with Gasteiger partial charge in [0, 0.05) is 30.1 Å². The maximum Gasteiger partial charge on any atom is 0.224 e. The number of benzene rings is 2. The topological polar surface area (TPSA) is 70.7 Å². The Morgan fingerprint density at radius 2 is 1.70 bits per heavy atom. The number of nitrogens with one attached hydrogen (secondary N) is 2. The molecule has 33 heavy (non-hydrogen) atoms. The minimum Gasteiger partial charge on any atom is -0.497 e. The smallest absolute Gasteiger partial charge is 0.224 e. The van der Waals surface area contributed by atoms with Crippen LogP contribution in [0.25, 0.3) is 0 Å². The molecule has 6 nitrogen and oxygen atoms in total. The monoisotopic (exact) mass is 451 g/mol. The second kappa shape index (κ2) is 11.3. The van der Waals surface area contributed by atoms with Crippen LogP contribution in [0, 0.1) is 6.92 Å². The van der Waals surface area contributed by atoms with E-state index in [1.165, 1.54) is 11.1 Å². The molecule has 6 heteroatoms. The summed E-state index contributed by atoms with van der Waals surface area (Å²) in [4.78, 5) is 27.0. The fraction of sp³-hybridized carbons (Fsp3) is 0.481. The molecule has 0 spiro atoms. The van der Waals surface area contributed by atoms with Crippen molar-refractivity contribution in [2.45, 2.75) is 63.5 Å². The third-order valence-corrected chi connectivity index (χ3v) is 6.80. The molecule has 1 aliphatic rings. The fourth-order valence-electron chi connectivity index (χ4n) is 4.71. The number of carbonyl (C=O) groups excluding carboxylic acids is 2. The summed E-state index contributed by atoms with van der Waals surface area (Å²) in [6.45, 7) is 2.13. The highest BCUT2D eigenvalue weighted by atomic mass is 16.5. The number of aryl methyl sites for hydroxylation is 1. The van der Waals surface area contributed by atoms with Gasteiger partial charge in [-0.15, -0.1) is 0 Å². The maximum absolute atomic E-state index is 12.5. The lowest BCUT2D eigenvalue weighted by Crippen LogP contribution is -2.52. The van der Waals surface area contributed by atoms with Gasteiger partial charge in [-0.1, -0.05) is 29.8 Å². The van der Waals surface area contributed by atoms with Crippen molar-refractivity contribution in [2.75, 3.05) is 26.5 Å². The molecule has 0 aromatic heterocycles. The van der Waals surface area contributed by atoms with Crippen LogP contribution in [0.3, 0.4) is 0 Å². The van der Waals surface area contributed by atoms with E-state index in [4.69, 9.17) is 4.74 Å². The summed E-state index contributed by atoms with van der Waals surface area (Å²) in [6, 6.07) is 16.1. The van der Waals surface area contributed by atoms with Crippen molar-refractivity contribution in [1.29, 1.82) is 0 Å². The molecule has 3 rings (SSSR count). The summed E-state index contributed by atoms with van der Waals surface area (Å²) in [7, 11) is 5.93. The van der Waals surface area contributed by atoms with Gasteiger partial charge in [-0.3, -0.25) is 9.59 Å². The molecule has 0 aliphatic heterocycles. The molecule has 0 heterocycles. The number of anilines is 1. The van der Waals surface area contributed by atoms with E-state index in [1.54, 1.807) is 31.4 Å². The van der Waals surface area contributed by atoms with Crippen molar-refractivity contribution >= 4 is 17.5 Å². The lowest BCUT2D eigenvalue weighted by molar-refractivity contribution is -0.125. The number of ether oxygens (including phenoxy) is 1. The Morgan fingerprint density at radius 1 is 1.03 bits per heavy atom. The van der Waals surface area contributed by atoms with E-state index < -0.39 is 0 Å². The first-order valence-corrected chi connectivity index (χ1v) is 11.8. The zero-order valence-corrected chi connectivity index (χ0v) is 20.3. The van der Waals surface area contributed by atoms with Crippen LogP contribution in [0.2, 0.25) is 0 Å². The first kappa shape index (κ1) is 24.8. The predicted molar refractivity (Wildman–Crippen MR) is 133 cm³/mol. The van der Waals surface area contributed by atoms with Crippen molar-refractivity contribution in [3.8, 4) is 5.75 Å². The number of likely N-dealkylation sites (N-methyl/N-ethyl adjacent to an activating group) is 1. The molecular formula is C27H37N3O3. The number of carbonyl (C=O) groups is 2. The minimum absolute atomic E-state index is 0.0547. The number of amides is 2. The van der Waals surface area contributed by atoms with E-state index in [1.807, 2.05) is 0 Å². The van der Waals surface area contributed by atoms with Gasteiger partial charge < -0.3 is 20.3 Å². The van der Waals surface area contributed by atoms with Gasteiger partial charge >= 0.3 is 0 Å². The summed E-state index contributed by atoms with van der Waals surface area (Å²) < 4.78 is 5.12. The normalized spacial score (nSPS) is 20.3. The lowest BCUT2D eigenvalue weighted by atomic mass is 9.74. The van der Waals surface area contributed by atoms with Crippen LogP contribution in [0.1, 0.15) is 49.7 Å². The zero-order valence-electron chi connectivity index (χ0n) is 20.3. The Kier molecular flexibility index (Phi) is 8.50. The van der Waals surface area contributed by atoms with E-state index in [9.17, 15) is 9.59 Å². The highest BCUT2D eigenvalue weighted by Gasteiger charge is 2.37. The molecule has 2 aromatic carbocycles. The number of hydrogen-bond acceptors (Lipinski definition) is 4. The van der Waals surface area contributed by atoms with Gasteiger partial charge in [0.25, 0.3) is 0 Å². The highest BCUT2D eigenvalue weighted by molar-refractivity contribution is 5.93. The van der Waals surface area contributed by atoms with Crippen molar-refractivity contribution in [2.24, 2.45) is 0 Å². The second-order valence-corrected chi connectivity index (χ2v) is 9.40. The molecule has 0 unspecified atom stereocenters. The van der Waals surface area contributed by atoms with Gasteiger partial charge in [0.2, 0.25) is 11.8 Å². The van der Waals surface area contributed by atoms with Gasteiger partial charge in [0.05, 0.1) is 7.11 Å². The molecule has 1 saturated carbocycles. The van der Waals surface area contributed by atoms with E-state index in [0.717, 1.165) is 37.9 Å². The van der Waals surface area contributed by atoms with Crippen LogP contribution in [-0.4, -0.2) is 49.5 Å². The van der Waals surface area contributed by atoms with E-state index >= 15 is 0 Å². The van der Waals surface area contributed by atoms with Crippen LogP contribution in [0.5, 0.6) is 5.75 Å². The molecule has 2 amide bonds. The SMILES string of the molecule is COc1ccc(NC(=O)CCC(=O)NC2CCC(Cc3cccc(C)c3)(N(C)C)CC2)cc1. The molecule has 178 valence electrons. The Labute approximate surface area is 197 Å². The minimum atomic E-state index is -0.163. The van der Waals surface area contributed by atoms with Gasteiger partial charge in [0.1, 0.15) is 5.75 Å². The first-order chi connectivity index (χ1) is 15.8. The first-order valence-electron chi connectivity index (χ1n) is 11.8. The van der Waals surface area contributed by atoms with Crippen molar-refractivity contribution in [3.05, 3.63) is 59.7 Å². The van der Waals surface area contributed by atoms with E-state index in [0.29, 0.717) is 5.69 Å². The van der Waals surface area contributed by atoms with Crippen molar-refractivity contribution in [1.82, 2.24) is 10.2 Å². The Bertz CT molecular complexity index is 932. The van der Waals surface area contributed by atoms with Crippen molar-refractivity contribution < 1.29 is 14.3 Å². The average Bonchev–Trinajstić information content (AvgIpc) is 2.79. The van der Waals surface area contributed by atoms with E-state index in [-0.39, 0.29) is 36.2 Å². The highest BCUT2D eigenvalue weighted by Crippen LogP contribution is 2.35. The molecule has 0 radical (unpaired) electrons. The lowest BCUT2D eigenvalue weighted by Gasteiger charge is -2.45. The maximum atomic E-state index is 12.5. The average molecular weight is 452 g/mol. The summed E-state index contributed by atoms with van der Waals surface area (Å²) in [5, 5.41) is 5.97. The molecule has 0 saturated heterocycles. The molecule has 2 N–H and O–H groups in total. The quantitative estimate of drug-likeness (QED) is 0.596. The molecular weight excluding hydrogens is 414 g/mol.